The van der Waals surface area contributed by atoms with Crippen molar-refractivity contribution in [2.75, 3.05) is 13.2 Å². The van der Waals surface area contributed by atoms with Gasteiger partial charge in [-0.25, -0.2) is 0 Å². The minimum Gasteiger partial charge on any atom is -0.388 e. The van der Waals surface area contributed by atoms with Crippen molar-refractivity contribution in [1.82, 2.24) is 0 Å². The zero-order valence-electron chi connectivity index (χ0n) is 10.5. The largest absolute Gasteiger partial charge is 0.416 e. The van der Waals surface area contributed by atoms with E-state index in [4.69, 9.17) is 4.74 Å². The van der Waals surface area contributed by atoms with Crippen LogP contribution in [0.5, 0.6) is 0 Å². The first-order valence-corrected chi connectivity index (χ1v) is 6.40. The highest BCUT2D eigenvalue weighted by molar-refractivity contribution is 5.27. The number of halogens is 3. The minimum absolute atomic E-state index is 0.318. The van der Waals surface area contributed by atoms with E-state index in [9.17, 15) is 18.3 Å². The number of aliphatic hydroxyl groups excluding tert-OH is 1. The maximum absolute atomic E-state index is 12.6. The van der Waals surface area contributed by atoms with Gasteiger partial charge in [0, 0.05) is 13.2 Å². The van der Waals surface area contributed by atoms with Crippen LogP contribution in [0.15, 0.2) is 24.3 Å². The van der Waals surface area contributed by atoms with Crippen molar-refractivity contribution in [3.8, 4) is 0 Å². The van der Waals surface area contributed by atoms with E-state index in [0.29, 0.717) is 31.1 Å². The molecule has 19 heavy (non-hydrogen) atoms. The van der Waals surface area contributed by atoms with Gasteiger partial charge in [0.25, 0.3) is 0 Å². The van der Waals surface area contributed by atoms with Crippen LogP contribution in [0.1, 0.15) is 36.5 Å². The molecule has 1 aromatic carbocycles. The third-order valence-electron chi connectivity index (χ3n) is 3.50. The summed E-state index contributed by atoms with van der Waals surface area (Å²) in [5, 5.41) is 10.1. The third kappa shape index (κ3) is 3.94. The van der Waals surface area contributed by atoms with Gasteiger partial charge in [0.1, 0.15) is 0 Å². The van der Waals surface area contributed by atoms with Crippen LogP contribution < -0.4 is 0 Å². The molecule has 1 aliphatic heterocycles. The van der Waals surface area contributed by atoms with E-state index in [1.165, 1.54) is 6.07 Å². The third-order valence-corrected chi connectivity index (χ3v) is 3.50. The summed E-state index contributed by atoms with van der Waals surface area (Å²) in [6, 6.07) is 4.93. The van der Waals surface area contributed by atoms with Crippen LogP contribution in [0.4, 0.5) is 13.2 Å². The number of aliphatic hydroxyl groups is 1. The molecule has 1 aliphatic rings. The van der Waals surface area contributed by atoms with Gasteiger partial charge in [0.05, 0.1) is 11.7 Å². The Morgan fingerprint density at radius 2 is 1.95 bits per heavy atom. The molecule has 0 aliphatic carbocycles. The molecule has 0 bridgehead atoms. The lowest BCUT2D eigenvalue weighted by Crippen LogP contribution is -2.18. The van der Waals surface area contributed by atoms with Gasteiger partial charge >= 0.3 is 6.18 Å². The van der Waals surface area contributed by atoms with Gasteiger partial charge < -0.3 is 9.84 Å². The lowest BCUT2D eigenvalue weighted by molar-refractivity contribution is -0.137. The number of rotatable bonds is 3. The average Bonchev–Trinajstić information content (AvgIpc) is 2.39. The number of alkyl halides is 3. The number of hydrogen-bond acceptors (Lipinski definition) is 2. The monoisotopic (exact) mass is 274 g/mol. The fourth-order valence-corrected chi connectivity index (χ4v) is 2.36. The van der Waals surface area contributed by atoms with Gasteiger partial charge in [-0.3, -0.25) is 0 Å². The van der Waals surface area contributed by atoms with Crippen molar-refractivity contribution in [3.05, 3.63) is 35.4 Å². The van der Waals surface area contributed by atoms with Crippen LogP contribution in [0.3, 0.4) is 0 Å². The van der Waals surface area contributed by atoms with Gasteiger partial charge in [-0.1, -0.05) is 12.1 Å². The van der Waals surface area contributed by atoms with E-state index in [0.717, 1.165) is 25.0 Å². The quantitative estimate of drug-likeness (QED) is 0.913. The molecule has 1 unspecified atom stereocenters. The van der Waals surface area contributed by atoms with Gasteiger partial charge in [-0.05, 0) is 42.9 Å². The summed E-state index contributed by atoms with van der Waals surface area (Å²) in [4.78, 5) is 0. The Kier molecular flexibility index (Phi) is 4.47. The molecular weight excluding hydrogens is 257 g/mol. The number of hydrogen-bond donors (Lipinski definition) is 1. The van der Waals surface area contributed by atoms with Gasteiger partial charge in [-0.15, -0.1) is 0 Å². The van der Waals surface area contributed by atoms with Crippen LogP contribution >= 0.6 is 0 Å². The standard InChI is InChI=1S/C14H17F3O2/c15-14(16,17)12-3-1-2-11(9-12)13(18)8-10-4-6-19-7-5-10/h1-3,9-10,13,18H,4-8H2. The first-order valence-electron chi connectivity index (χ1n) is 6.40. The predicted molar refractivity (Wildman–Crippen MR) is 64.6 cm³/mol. The Labute approximate surface area is 110 Å². The van der Waals surface area contributed by atoms with Crippen LogP contribution in [0.25, 0.3) is 0 Å². The van der Waals surface area contributed by atoms with Crippen molar-refractivity contribution < 1.29 is 23.0 Å². The summed E-state index contributed by atoms with van der Waals surface area (Å²) in [7, 11) is 0. The molecule has 0 aromatic heterocycles. The summed E-state index contributed by atoms with van der Waals surface area (Å²) in [6.45, 7) is 1.33. The highest BCUT2D eigenvalue weighted by Crippen LogP contribution is 2.33. The molecule has 1 heterocycles. The maximum atomic E-state index is 12.6. The van der Waals surface area contributed by atoms with Crippen LogP contribution in [-0.2, 0) is 10.9 Å². The Morgan fingerprint density at radius 3 is 2.58 bits per heavy atom. The molecule has 1 N–H and O–H groups in total. The van der Waals surface area contributed by atoms with Gasteiger partial charge in [0.2, 0.25) is 0 Å². The smallest absolute Gasteiger partial charge is 0.388 e. The first-order chi connectivity index (χ1) is 8.97. The topological polar surface area (TPSA) is 29.5 Å². The van der Waals surface area contributed by atoms with E-state index >= 15 is 0 Å². The van der Waals surface area contributed by atoms with Crippen molar-refractivity contribution >= 4 is 0 Å². The zero-order valence-corrected chi connectivity index (χ0v) is 10.5. The molecule has 5 heteroatoms. The molecule has 2 rings (SSSR count). The lowest BCUT2D eigenvalue weighted by atomic mass is 9.90. The molecule has 1 atom stereocenters. The SMILES string of the molecule is OC(CC1CCOCC1)c1cccc(C(F)(F)F)c1. The summed E-state index contributed by atoms with van der Waals surface area (Å²) in [5.74, 6) is 0.318. The fourth-order valence-electron chi connectivity index (χ4n) is 2.36. The second kappa shape index (κ2) is 5.92. The molecule has 0 amide bonds. The Morgan fingerprint density at radius 1 is 1.26 bits per heavy atom. The zero-order chi connectivity index (χ0) is 13.9. The molecule has 0 spiro atoms. The normalized spacial score (nSPS) is 19.4. The van der Waals surface area contributed by atoms with E-state index in [1.807, 2.05) is 0 Å². The molecule has 1 fully saturated rings. The van der Waals surface area contributed by atoms with E-state index < -0.39 is 17.8 Å². The second-order valence-corrected chi connectivity index (χ2v) is 4.93. The summed E-state index contributed by atoms with van der Waals surface area (Å²) in [6.07, 6.45) is -3.00. The highest BCUT2D eigenvalue weighted by Gasteiger charge is 2.31. The molecular formula is C14H17F3O2. The highest BCUT2D eigenvalue weighted by atomic mass is 19.4. The van der Waals surface area contributed by atoms with Crippen molar-refractivity contribution in [2.45, 2.75) is 31.5 Å². The van der Waals surface area contributed by atoms with Gasteiger partial charge in [0.15, 0.2) is 0 Å². The predicted octanol–water partition coefficient (Wildman–Crippen LogP) is 3.56. The first kappa shape index (κ1) is 14.3. The molecule has 1 aromatic rings. The average molecular weight is 274 g/mol. The van der Waals surface area contributed by atoms with Gasteiger partial charge in [-0.2, -0.15) is 13.2 Å². The molecule has 106 valence electrons. The molecule has 0 saturated carbocycles. The van der Waals surface area contributed by atoms with E-state index in [1.54, 1.807) is 6.07 Å². The number of benzene rings is 1. The van der Waals surface area contributed by atoms with Crippen LogP contribution in [-0.4, -0.2) is 18.3 Å². The minimum atomic E-state index is -4.37. The summed E-state index contributed by atoms with van der Waals surface area (Å²) < 4.78 is 43.0. The molecule has 0 radical (unpaired) electrons. The van der Waals surface area contributed by atoms with E-state index in [-0.39, 0.29) is 0 Å². The van der Waals surface area contributed by atoms with Crippen LogP contribution in [0.2, 0.25) is 0 Å². The molecule has 2 nitrogen and oxygen atoms in total. The Hall–Kier alpha value is -1.07. The Bertz CT molecular complexity index is 411. The second-order valence-electron chi connectivity index (χ2n) is 4.93. The summed E-state index contributed by atoms with van der Waals surface area (Å²) >= 11 is 0. The molecule has 1 saturated heterocycles. The van der Waals surface area contributed by atoms with Crippen molar-refractivity contribution in [1.29, 1.82) is 0 Å². The summed E-state index contributed by atoms with van der Waals surface area (Å²) in [5.41, 5.74) is -0.377. The van der Waals surface area contributed by atoms with E-state index in [2.05, 4.69) is 0 Å². The Balaban J connectivity index is 2.04. The van der Waals surface area contributed by atoms with Crippen molar-refractivity contribution in [2.24, 2.45) is 5.92 Å². The fraction of sp³-hybridized carbons (Fsp3) is 0.571. The van der Waals surface area contributed by atoms with Crippen LogP contribution in [0, 0.1) is 5.92 Å². The maximum Gasteiger partial charge on any atom is 0.416 e. The number of ether oxygens (including phenoxy) is 1. The lowest BCUT2D eigenvalue weighted by Gasteiger charge is -2.24. The van der Waals surface area contributed by atoms with Crippen molar-refractivity contribution in [3.63, 3.8) is 0 Å².